The highest BCUT2D eigenvalue weighted by molar-refractivity contribution is 6.34. The summed E-state index contributed by atoms with van der Waals surface area (Å²) in [6.45, 7) is 0. The zero-order valence-corrected chi connectivity index (χ0v) is 14.1. The molecule has 1 heterocycles. The topological polar surface area (TPSA) is 54.0 Å². The molecule has 0 saturated carbocycles. The molecule has 0 radical (unpaired) electrons. The van der Waals surface area contributed by atoms with E-state index in [-0.39, 0.29) is 27.8 Å². The van der Waals surface area contributed by atoms with Gasteiger partial charge in [-0.25, -0.2) is 22.5 Å². The van der Waals surface area contributed by atoms with Crippen LogP contribution in [0.15, 0.2) is 48.7 Å². The van der Waals surface area contributed by atoms with Crippen LogP contribution >= 0.6 is 11.6 Å². The molecule has 27 heavy (non-hydrogen) atoms. The van der Waals surface area contributed by atoms with Crippen LogP contribution in [0, 0.1) is 23.3 Å². The number of benzene rings is 2. The molecule has 0 aliphatic carbocycles. The molecule has 3 rings (SSSR count). The van der Waals surface area contributed by atoms with E-state index in [2.05, 4.69) is 15.6 Å². The molecule has 0 spiro atoms. The second-order valence-electron chi connectivity index (χ2n) is 5.33. The number of hydrogen-bond acceptors (Lipinski definition) is 3. The minimum atomic E-state index is -1.61. The first kappa shape index (κ1) is 18.7. The number of amides is 1. The highest BCUT2D eigenvalue weighted by Gasteiger charge is 2.16. The Balaban J connectivity index is 1.74. The molecule has 4 nitrogen and oxygen atoms in total. The van der Waals surface area contributed by atoms with E-state index in [1.165, 1.54) is 30.5 Å². The van der Waals surface area contributed by atoms with Gasteiger partial charge in [0.2, 0.25) is 0 Å². The summed E-state index contributed by atoms with van der Waals surface area (Å²) in [5.74, 6) is -5.74. The molecule has 0 saturated heterocycles. The summed E-state index contributed by atoms with van der Waals surface area (Å²) in [5, 5.41) is 4.86. The van der Waals surface area contributed by atoms with Gasteiger partial charge in [-0.1, -0.05) is 17.7 Å². The summed E-state index contributed by atoms with van der Waals surface area (Å²) in [5.41, 5.74) is -0.405. The highest BCUT2D eigenvalue weighted by Crippen LogP contribution is 2.24. The van der Waals surface area contributed by atoms with Gasteiger partial charge in [0.15, 0.2) is 17.5 Å². The number of nitrogens with zero attached hydrogens (tertiary/aromatic N) is 1. The molecule has 1 aromatic heterocycles. The van der Waals surface area contributed by atoms with Crippen molar-refractivity contribution in [3.63, 3.8) is 0 Å². The predicted molar refractivity (Wildman–Crippen MR) is 93.2 cm³/mol. The van der Waals surface area contributed by atoms with Gasteiger partial charge in [0, 0.05) is 0 Å². The van der Waals surface area contributed by atoms with E-state index >= 15 is 0 Å². The van der Waals surface area contributed by atoms with Gasteiger partial charge in [0.25, 0.3) is 5.91 Å². The van der Waals surface area contributed by atoms with Gasteiger partial charge >= 0.3 is 0 Å². The van der Waals surface area contributed by atoms with Crippen molar-refractivity contribution in [2.75, 3.05) is 10.6 Å². The van der Waals surface area contributed by atoms with Gasteiger partial charge in [0.05, 0.1) is 28.2 Å². The lowest BCUT2D eigenvalue weighted by molar-refractivity contribution is 0.102. The first-order valence-corrected chi connectivity index (χ1v) is 7.86. The fourth-order valence-corrected chi connectivity index (χ4v) is 2.46. The normalized spacial score (nSPS) is 10.6. The van der Waals surface area contributed by atoms with Crippen LogP contribution in [-0.4, -0.2) is 10.9 Å². The van der Waals surface area contributed by atoms with Crippen LogP contribution in [0.3, 0.4) is 0 Å². The van der Waals surface area contributed by atoms with Gasteiger partial charge < -0.3 is 10.6 Å². The summed E-state index contributed by atoms with van der Waals surface area (Å²) in [7, 11) is 0. The number of carbonyl (C=O) groups is 1. The van der Waals surface area contributed by atoms with Crippen LogP contribution in [0.2, 0.25) is 5.02 Å². The Bertz CT molecular complexity index is 992. The Kier molecular flexibility index (Phi) is 5.27. The van der Waals surface area contributed by atoms with Crippen molar-refractivity contribution in [1.82, 2.24) is 4.98 Å². The molecule has 2 N–H and O–H groups in total. The quantitative estimate of drug-likeness (QED) is 0.466. The van der Waals surface area contributed by atoms with Crippen LogP contribution in [-0.2, 0) is 0 Å². The zero-order valence-electron chi connectivity index (χ0n) is 13.4. The number of rotatable bonds is 4. The minimum absolute atomic E-state index is 0.0486. The van der Waals surface area contributed by atoms with Crippen molar-refractivity contribution in [2.45, 2.75) is 0 Å². The molecule has 9 heteroatoms. The summed E-state index contributed by atoms with van der Waals surface area (Å²) in [6.07, 6.45) is 1.22. The van der Waals surface area contributed by atoms with E-state index in [0.717, 1.165) is 18.2 Å². The van der Waals surface area contributed by atoms with E-state index in [1.807, 2.05) is 0 Å². The molecular weight excluding hydrogens is 386 g/mol. The molecule has 0 fully saturated rings. The monoisotopic (exact) mass is 395 g/mol. The van der Waals surface area contributed by atoms with E-state index in [0.29, 0.717) is 0 Å². The Hall–Kier alpha value is -3.13. The molecule has 0 aliphatic heterocycles. The van der Waals surface area contributed by atoms with Crippen molar-refractivity contribution in [3.05, 3.63) is 82.5 Å². The number of pyridine rings is 1. The van der Waals surface area contributed by atoms with Gasteiger partial charge in [-0.15, -0.1) is 0 Å². The van der Waals surface area contributed by atoms with Crippen LogP contribution in [0.5, 0.6) is 0 Å². The maximum atomic E-state index is 13.7. The third-order valence-corrected chi connectivity index (χ3v) is 3.82. The van der Waals surface area contributed by atoms with Crippen molar-refractivity contribution < 1.29 is 22.4 Å². The lowest BCUT2D eigenvalue weighted by atomic mass is 10.2. The van der Waals surface area contributed by atoms with E-state index < -0.39 is 29.2 Å². The van der Waals surface area contributed by atoms with Gasteiger partial charge in [0.1, 0.15) is 11.6 Å². The SMILES string of the molecule is O=C(Nc1ccc(Nc2ccc(F)c(F)c2F)nc1)c1c(F)cccc1Cl. The zero-order chi connectivity index (χ0) is 19.6. The van der Waals surface area contributed by atoms with Crippen LogP contribution < -0.4 is 10.6 Å². The molecule has 0 unspecified atom stereocenters. The van der Waals surface area contributed by atoms with Gasteiger partial charge in [-0.3, -0.25) is 4.79 Å². The molecular formula is C18H10ClF4N3O. The van der Waals surface area contributed by atoms with Crippen LogP contribution in [0.4, 0.5) is 34.8 Å². The molecule has 3 aromatic rings. The van der Waals surface area contributed by atoms with Crippen molar-refractivity contribution in [2.24, 2.45) is 0 Å². The predicted octanol–water partition coefficient (Wildman–Crippen LogP) is 5.29. The Morgan fingerprint density at radius 1 is 0.926 bits per heavy atom. The second-order valence-corrected chi connectivity index (χ2v) is 5.74. The number of nitrogens with one attached hydrogen (secondary N) is 2. The van der Waals surface area contributed by atoms with Crippen LogP contribution in [0.1, 0.15) is 10.4 Å². The standard InChI is InChI=1S/C18H10ClF4N3O/c19-10-2-1-3-11(20)15(10)18(27)25-9-4-7-14(24-8-9)26-13-6-5-12(21)16(22)17(13)23/h1-8H,(H,24,26)(H,25,27). The fraction of sp³-hybridized carbons (Fsp3) is 0. The Morgan fingerprint density at radius 2 is 1.70 bits per heavy atom. The van der Waals surface area contributed by atoms with Crippen molar-refractivity contribution in [1.29, 1.82) is 0 Å². The first-order chi connectivity index (χ1) is 12.9. The van der Waals surface area contributed by atoms with E-state index in [1.54, 1.807) is 0 Å². The molecule has 0 aliphatic rings. The highest BCUT2D eigenvalue weighted by atomic mass is 35.5. The molecule has 1 amide bonds. The smallest absolute Gasteiger partial charge is 0.260 e. The second kappa shape index (κ2) is 7.63. The number of hydrogen-bond donors (Lipinski definition) is 2. The number of halogens is 5. The summed E-state index contributed by atoms with van der Waals surface area (Å²) >= 11 is 5.83. The fourth-order valence-electron chi connectivity index (χ4n) is 2.21. The van der Waals surface area contributed by atoms with E-state index in [4.69, 9.17) is 11.6 Å². The molecule has 0 bridgehead atoms. The first-order valence-electron chi connectivity index (χ1n) is 7.48. The molecule has 2 aromatic carbocycles. The average Bonchev–Trinajstić information content (AvgIpc) is 2.63. The van der Waals surface area contributed by atoms with Gasteiger partial charge in [-0.2, -0.15) is 0 Å². The maximum absolute atomic E-state index is 13.7. The summed E-state index contributed by atoms with van der Waals surface area (Å²) < 4.78 is 53.6. The number of anilines is 3. The minimum Gasteiger partial charge on any atom is -0.338 e. The molecule has 138 valence electrons. The maximum Gasteiger partial charge on any atom is 0.260 e. The Labute approximate surface area is 155 Å². The summed E-state index contributed by atoms with van der Waals surface area (Å²) in [6, 6.07) is 8.40. The molecule has 0 atom stereocenters. The third kappa shape index (κ3) is 4.01. The van der Waals surface area contributed by atoms with E-state index in [9.17, 15) is 22.4 Å². The largest absolute Gasteiger partial charge is 0.338 e. The number of carbonyl (C=O) groups excluding carboxylic acids is 1. The van der Waals surface area contributed by atoms with Crippen molar-refractivity contribution in [3.8, 4) is 0 Å². The summed E-state index contributed by atoms with van der Waals surface area (Å²) in [4.78, 5) is 16.1. The average molecular weight is 396 g/mol. The lowest BCUT2D eigenvalue weighted by Crippen LogP contribution is -2.14. The lowest BCUT2D eigenvalue weighted by Gasteiger charge is -2.10. The number of aromatic nitrogens is 1. The third-order valence-electron chi connectivity index (χ3n) is 3.51. The Morgan fingerprint density at radius 3 is 2.37 bits per heavy atom. The van der Waals surface area contributed by atoms with Crippen molar-refractivity contribution >= 4 is 34.7 Å². The van der Waals surface area contributed by atoms with Crippen LogP contribution in [0.25, 0.3) is 0 Å². The van der Waals surface area contributed by atoms with Gasteiger partial charge in [-0.05, 0) is 36.4 Å².